The summed E-state index contributed by atoms with van der Waals surface area (Å²) in [4.78, 5) is 13.5. The summed E-state index contributed by atoms with van der Waals surface area (Å²) in [6.07, 6.45) is 0.0615. The van der Waals surface area contributed by atoms with Gasteiger partial charge in [-0.15, -0.1) is 12.4 Å². The molecule has 0 aliphatic rings. The minimum atomic E-state index is -0.556. The SMILES string of the molecule is CCOC(=O)C[C@@H](N)c1ccc(N(CC)CC)cc1O.Cl. The Labute approximate surface area is 132 Å². The second-order valence-electron chi connectivity index (χ2n) is 4.53. The molecule has 3 N–H and O–H groups in total. The number of nitrogens with zero attached hydrogens (tertiary/aromatic N) is 1. The first kappa shape index (κ1) is 19.5. The van der Waals surface area contributed by atoms with E-state index in [1.807, 2.05) is 6.07 Å². The van der Waals surface area contributed by atoms with Crippen LogP contribution in [0.15, 0.2) is 18.2 Å². The highest BCUT2D eigenvalue weighted by atomic mass is 35.5. The Morgan fingerprint density at radius 1 is 1.33 bits per heavy atom. The Morgan fingerprint density at radius 3 is 2.43 bits per heavy atom. The Morgan fingerprint density at radius 2 is 1.95 bits per heavy atom. The second kappa shape index (κ2) is 9.47. The maximum Gasteiger partial charge on any atom is 0.307 e. The van der Waals surface area contributed by atoms with Gasteiger partial charge in [0.2, 0.25) is 0 Å². The van der Waals surface area contributed by atoms with Gasteiger partial charge in [0.1, 0.15) is 5.75 Å². The highest BCUT2D eigenvalue weighted by molar-refractivity contribution is 5.85. The molecule has 120 valence electrons. The smallest absolute Gasteiger partial charge is 0.307 e. The van der Waals surface area contributed by atoms with Crippen molar-refractivity contribution >= 4 is 24.1 Å². The molecule has 21 heavy (non-hydrogen) atoms. The van der Waals surface area contributed by atoms with Gasteiger partial charge in [0.15, 0.2) is 0 Å². The number of phenolic OH excluding ortho intramolecular Hbond substituents is 1. The van der Waals surface area contributed by atoms with Crippen molar-refractivity contribution < 1.29 is 14.6 Å². The number of carbonyl (C=O) groups excluding carboxylic acids is 1. The molecule has 0 aromatic heterocycles. The molecule has 0 fully saturated rings. The van der Waals surface area contributed by atoms with Crippen LogP contribution in [0.4, 0.5) is 5.69 Å². The topological polar surface area (TPSA) is 75.8 Å². The van der Waals surface area contributed by atoms with Gasteiger partial charge < -0.3 is 20.5 Å². The van der Waals surface area contributed by atoms with Crippen LogP contribution in [0.5, 0.6) is 5.75 Å². The van der Waals surface area contributed by atoms with Crippen molar-refractivity contribution in [3.8, 4) is 5.75 Å². The number of anilines is 1. The maximum atomic E-state index is 11.4. The molecule has 0 saturated carbocycles. The summed E-state index contributed by atoms with van der Waals surface area (Å²) in [7, 11) is 0. The first-order chi connectivity index (χ1) is 9.53. The van der Waals surface area contributed by atoms with Crippen molar-refractivity contribution in [1.29, 1.82) is 0 Å². The molecule has 0 heterocycles. The minimum Gasteiger partial charge on any atom is -0.508 e. The molecule has 1 rings (SSSR count). The molecule has 1 aromatic rings. The molecule has 5 nitrogen and oxygen atoms in total. The number of carbonyl (C=O) groups is 1. The molecule has 0 radical (unpaired) electrons. The van der Waals surface area contributed by atoms with E-state index in [-0.39, 0.29) is 30.5 Å². The zero-order valence-electron chi connectivity index (χ0n) is 12.8. The molecule has 0 aliphatic carbocycles. The summed E-state index contributed by atoms with van der Waals surface area (Å²) in [6.45, 7) is 7.93. The highest BCUT2D eigenvalue weighted by Crippen LogP contribution is 2.29. The second-order valence-corrected chi connectivity index (χ2v) is 4.53. The van der Waals surface area contributed by atoms with Crippen LogP contribution in [0.2, 0.25) is 0 Å². The van der Waals surface area contributed by atoms with Gasteiger partial charge in [-0.05, 0) is 26.8 Å². The lowest BCUT2D eigenvalue weighted by Crippen LogP contribution is -2.22. The molecule has 6 heteroatoms. The largest absolute Gasteiger partial charge is 0.508 e. The Balaban J connectivity index is 0.00000400. The monoisotopic (exact) mass is 316 g/mol. The van der Waals surface area contributed by atoms with Crippen molar-refractivity contribution in [2.24, 2.45) is 5.73 Å². The van der Waals surface area contributed by atoms with Crippen LogP contribution in [0.1, 0.15) is 38.8 Å². The van der Waals surface area contributed by atoms with Crippen molar-refractivity contribution in [1.82, 2.24) is 0 Å². The molecule has 1 aromatic carbocycles. The van der Waals surface area contributed by atoms with Crippen molar-refractivity contribution in [2.75, 3.05) is 24.6 Å². The first-order valence-corrected chi connectivity index (χ1v) is 7.02. The number of ether oxygens (including phenoxy) is 1. The number of rotatable bonds is 7. The lowest BCUT2D eigenvalue weighted by atomic mass is 10.0. The Kier molecular flexibility index (Phi) is 8.81. The Bertz CT molecular complexity index is 451. The molecule has 0 unspecified atom stereocenters. The van der Waals surface area contributed by atoms with Gasteiger partial charge in [0.25, 0.3) is 0 Å². The maximum absolute atomic E-state index is 11.4. The molecule has 0 saturated heterocycles. The predicted octanol–water partition coefficient (Wildman–Crippen LogP) is 2.61. The number of phenols is 1. The minimum absolute atomic E-state index is 0. The molecule has 0 aliphatic heterocycles. The number of benzene rings is 1. The summed E-state index contributed by atoms with van der Waals surface area (Å²) in [5.41, 5.74) is 7.45. The normalized spacial score (nSPS) is 11.4. The van der Waals surface area contributed by atoms with E-state index in [0.717, 1.165) is 18.8 Å². The summed E-state index contributed by atoms with van der Waals surface area (Å²) >= 11 is 0. The number of hydrogen-bond acceptors (Lipinski definition) is 5. The lowest BCUT2D eigenvalue weighted by molar-refractivity contribution is -0.143. The molecular weight excluding hydrogens is 292 g/mol. The summed E-state index contributed by atoms with van der Waals surface area (Å²) in [5.74, 6) is -0.238. The average molecular weight is 317 g/mol. The van der Waals surface area contributed by atoms with Gasteiger partial charge in [0, 0.05) is 36.4 Å². The van der Waals surface area contributed by atoms with E-state index in [1.165, 1.54) is 0 Å². The fraction of sp³-hybridized carbons (Fsp3) is 0.533. The highest BCUT2D eigenvalue weighted by Gasteiger charge is 2.16. The van der Waals surface area contributed by atoms with Gasteiger partial charge >= 0.3 is 5.97 Å². The summed E-state index contributed by atoms with van der Waals surface area (Å²) < 4.78 is 4.86. The standard InChI is InChI=1S/C15H24N2O3.ClH/c1-4-17(5-2)11-7-8-12(14(18)9-11)13(16)10-15(19)20-6-3;/h7-9,13,18H,4-6,10,16H2,1-3H3;1H/t13-;/m1./s1. The van der Waals surface area contributed by atoms with E-state index >= 15 is 0 Å². The van der Waals surface area contributed by atoms with E-state index in [1.54, 1.807) is 19.1 Å². The third kappa shape index (κ3) is 5.44. The zero-order chi connectivity index (χ0) is 15.1. The van der Waals surface area contributed by atoms with Gasteiger partial charge in [0.05, 0.1) is 13.0 Å². The molecule has 0 amide bonds. The third-order valence-electron chi connectivity index (χ3n) is 3.23. The van der Waals surface area contributed by atoms with Crippen molar-refractivity contribution in [2.45, 2.75) is 33.2 Å². The van der Waals surface area contributed by atoms with Crippen LogP contribution in [0.3, 0.4) is 0 Å². The van der Waals surface area contributed by atoms with Crippen molar-refractivity contribution in [3.05, 3.63) is 23.8 Å². The van der Waals surface area contributed by atoms with Crippen LogP contribution in [0, 0.1) is 0 Å². The van der Waals surface area contributed by atoms with Gasteiger partial charge in [-0.3, -0.25) is 4.79 Å². The van der Waals surface area contributed by atoms with E-state index in [0.29, 0.717) is 12.2 Å². The number of hydrogen-bond donors (Lipinski definition) is 2. The van der Waals surface area contributed by atoms with Crippen molar-refractivity contribution in [3.63, 3.8) is 0 Å². The molecule has 0 bridgehead atoms. The van der Waals surface area contributed by atoms with Crippen LogP contribution < -0.4 is 10.6 Å². The quantitative estimate of drug-likeness (QED) is 0.756. The summed E-state index contributed by atoms with van der Waals surface area (Å²) in [6, 6.07) is 4.81. The third-order valence-corrected chi connectivity index (χ3v) is 3.23. The average Bonchev–Trinajstić information content (AvgIpc) is 2.40. The van der Waals surface area contributed by atoms with Gasteiger partial charge in [-0.1, -0.05) is 6.07 Å². The van der Waals surface area contributed by atoms with Crippen LogP contribution >= 0.6 is 12.4 Å². The van der Waals surface area contributed by atoms with Crippen LogP contribution in [-0.2, 0) is 9.53 Å². The zero-order valence-corrected chi connectivity index (χ0v) is 13.7. The fourth-order valence-corrected chi connectivity index (χ4v) is 2.14. The van der Waals surface area contributed by atoms with Gasteiger partial charge in [-0.25, -0.2) is 0 Å². The lowest BCUT2D eigenvalue weighted by Gasteiger charge is -2.22. The predicted molar refractivity (Wildman–Crippen MR) is 87.1 cm³/mol. The number of esters is 1. The van der Waals surface area contributed by atoms with Crippen LogP contribution in [0.25, 0.3) is 0 Å². The summed E-state index contributed by atoms with van der Waals surface area (Å²) in [5, 5.41) is 10.1. The number of aromatic hydroxyl groups is 1. The molecule has 1 atom stereocenters. The van der Waals surface area contributed by atoms with E-state index in [2.05, 4.69) is 18.7 Å². The number of halogens is 1. The molecular formula is C15H25ClN2O3. The van der Waals surface area contributed by atoms with E-state index in [9.17, 15) is 9.90 Å². The first-order valence-electron chi connectivity index (χ1n) is 7.02. The van der Waals surface area contributed by atoms with E-state index < -0.39 is 6.04 Å². The fourth-order valence-electron chi connectivity index (χ4n) is 2.14. The van der Waals surface area contributed by atoms with E-state index in [4.69, 9.17) is 10.5 Å². The Hall–Kier alpha value is -1.46. The molecule has 0 spiro atoms. The van der Waals surface area contributed by atoms with Gasteiger partial charge in [-0.2, -0.15) is 0 Å². The van der Waals surface area contributed by atoms with Crippen LogP contribution in [-0.4, -0.2) is 30.8 Å². The number of nitrogens with two attached hydrogens (primary N) is 1.